The summed E-state index contributed by atoms with van der Waals surface area (Å²) < 4.78 is 5.20. The van der Waals surface area contributed by atoms with Gasteiger partial charge in [0.25, 0.3) is 0 Å². The van der Waals surface area contributed by atoms with Gasteiger partial charge in [-0.2, -0.15) is 0 Å². The van der Waals surface area contributed by atoms with Crippen molar-refractivity contribution in [3.8, 4) is 0 Å². The van der Waals surface area contributed by atoms with Gasteiger partial charge in [0.15, 0.2) is 5.13 Å². The van der Waals surface area contributed by atoms with Gasteiger partial charge in [0.2, 0.25) is 5.91 Å². The maximum atomic E-state index is 11.0. The fourth-order valence-electron chi connectivity index (χ4n) is 2.81. The zero-order valence-electron chi connectivity index (χ0n) is 13.7. The van der Waals surface area contributed by atoms with Crippen LogP contribution in [0.2, 0.25) is 0 Å². The van der Waals surface area contributed by atoms with Crippen LogP contribution in [0.5, 0.6) is 0 Å². The fourth-order valence-corrected chi connectivity index (χ4v) is 3.56. The van der Waals surface area contributed by atoms with Gasteiger partial charge in [0.1, 0.15) is 0 Å². The molecule has 0 unspecified atom stereocenters. The van der Waals surface area contributed by atoms with Crippen LogP contribution in [0.1, 0.15) is 26.0 Å². The van der Waals surface area contributed by atoms with Crippen LogP contribution in [-0.2, 0) is 16.1 Å². The number of carbonyl (C=O) groups is 1. The average Bonchev–Trinajstić information content (AvgIpc) is 2.92. The minimum atomic E-state index is -0.0706. The van der Waals surface area contributed by atoms with E-state index in [0.29, 0.717) is 11.2 Å². The molecule has 1 aromatic rings. The van der Waals surface area contributed by atoms with Crippen molar-refractivity contribution in [2.45, 2.75) is 32.9 Å². The fraction of sp³-hybridized carbons (Fsp3) is 0.733. The molecule has 0 bridgehead atoms. The van der Waals surface area contributed by atoms with Crippen LogP contribution in [0, 0.1) is 0 Å². The molecular weight excluding hydrogens is 300 g/mol. The first-order valence-corrected chi connectivity index (χ1v) is 8.67. The van der Waals surface area contributed by atoms with Crippen molar-refractivity contribution in [2.75, 3.05) is 45.2 Å². The Kier molecular flexibility index (Phi) is 6.75. The first-order valence-electron chi connectivity index (χ1n) is 7.79. The van der Waals surface area contributed by atoms with E-state index in [4.69, 9.17) is 4.74 Å². The van der Waals surface area contributed by atoms with Crippen molar-refractivity contribution in [3.63, 3.8) is 0 Å². The standard InChI is InChI=1S/C15H26N4O2S/c1-4-14-10-18(5-6-19(14)7-8-21-3)9-13-11-22-15(17-13)16-12(2)20/h11,14H,4-10H2,1-3H3,(H,16,17,20)/t14-/m1/s1. The van der Waals surface area contributed by atoms with E-state index in [1.54, 1.807) is 7.11 Å². The number of thiazole rings is 1. The normalized spacial score (nSPS) is 20.2. The molecule has 2 heterocycles. The van der Waals surface area contributed by atoms with E-state index in [1.807, 2.05) is 5.38 Å². The Bertz CT molecular complexity index is 480. The third-order valence-electron chi connectivity index (χ3n) is 3.96. The molecule has 1 aliphatic rings. The monoisotopic (exact) mass is 326 g/mol. The molecular formula is C15H26N4O2S. The average molecular weight is 326 g/mol. The van der Waals surface area contributed by atoms with Gasteiger partial charge in [-0.1, -0.05) is 6.92 Å². The molecule has 0 aromatic carbocycles. The van der Waals surface area contributed by atoms with Crippen LogP contribution in [0.3, 0.4) is 0 Å². The second kappa shape index (κ2) is 8.57. The number of methoxy groups -OCH3 is 1. The molecule has 1 amide bonds. The molecule has 0 saturated carbocycles. The van der Waals surface area contributed by atoms with Crippen LogP contribution < -0.4 is 5.32 Å². The van der Waals surface area contributed by atoms with E-state index >= 15 is 0 Å². The lowest BCUT2D eigenvalue weighted by Gasteiger charge is -2.40. The predicted molar refractivity (Wildman–Crippen MR) is 89.2 cm³/mol. The molecule has 1 N–H and O–H groups in total. The van der Waals surface area contributed by atoms with Gasteiger partial charge in [0, 0.05) is 58.2 Å². The zero-order chi connectivity index (χ0) is 15.9. The number of nitrogens with one attached hydrogen (secondary N) is 1. The first kappa shape index (κ1) is 17.3. The molecule has 1 fully saturated rings. The first-order chi connectivity index (χ1) is 10.6. The van der Waals surface area contributed by atoms with Gasteiger partial charge in [0.05, 0.1) is 12.3 Å². The molecule has 22 heavy (non-hydrogen) atoms. The predicted octanol–water partition coefficient (Wildman–Crippen LogP) is 1.64. The van der Waals surface area contributed by atoms with Gasteiger partial charge in [-0.15, -0.1) is 11.3 Å². The third kappa shape index (κ3) is 5.01. The Hall–Kier alpha value is -1.02. The van der Waals surface area contributed by atoms with E-state index in [-0.39, 0.29) is 5.91 Å². The summed E-state index contributed by atoms with van der Waals surface area (Å²) in [7, 11) is 1.76. The zero-order valence-corrected chi connectivity index (χ0v) is 14.5. The van der Waals surface area contributed by atoms with Crippen molar-refractivity contribution in [1.82, 2.24) is 14.8 Å². The summed E-state index contributed by atoms with van der Waals surface area (Å²) in [4.78, 5) is 20.5. The highest BCUT2D eigenvalue weighted by Crippen LogP contribution is 2.19. The van der Waals surface area contributed by atoms with E-state index in [2.05, 4.69) is 27.0 Å². The molecule has 7 heteroatoms. The molecule has 1 aliphatic heterocycles. The number of nitrogens with zero attached hydrogens (tertiary/aromatic N) is 3. The van der Waals surface area contributed by atoms with Crippen molar-refractivity contribution in [1.29, 1.82) is 0 Å². The van der Waals surface area contributed by atoms with Gasteiger partial charge < -0.3 is 10.1 Å². The van der Waals surface area contributed by atoms with E-state index in [1.165, 1.54) is 18.3 Å². The second-order valence-corrected chi connectivity index (χ2v) is 6.51. The highest BCUT2D eigenvalue weighted by atomic mass is 32.1. The molecule has 0 spiro atoms. The smallest absolute Gasteiger partial charge is 0.223 e. The van der Waals surface area contributed by atoms with Gasteiger partial charge in [-0.3, -0.25) is 14.6 Å². The number of carbonyl (C=O) groups excluding carboxylic acids is 1. The molecule has 0 radical (unpaired) electrons. The SMILES string of the molecule is CC[C@@H]1CN(Cc2csc(NC(C)=O)n2)CCN1CCOC. The Balaban J connectivity index is 1.86. The van der Waals surface area contributed by atoms with Crippen molar-refractivity contribution in [2.24, 2.45) is 0 Å². The molecule has 1 saturated heterocycles. The molecule has 2 rings (SSSR count). The number of anilines is 1. The number of piperazine rings is 1. The largest absolute Gasteiger partial charge is 0.383 e. The number of hydrogen-bond acceptors (Lipinski definition) is 6. The summed E-state index contributed by atoms with van der Waals surface area (Å²) >= 11 is 1.49. The maximum absolute atomic E-state index is 11.0. The van der Waals surface area contributed by atoms with Crippen molar-refractivity contribution in [3.05, 3.63) is 11.1 Å². The van der Waals surface area contributed by atoms with Crippen molar-refractivity contribution < 1.29 is 9.53 Å². The summed E-state index contributed by atoms with van der Waals surface area (Å²) in [5, 5.41) is 5.46. The van der Waals surface area contributed by atoms with Gasteiger partial charge in [-0.25, -0.2) is 4.98 Å². The molecule has 124 valence electrons. The second-order valence-electron chi connectivity index (χ2n) is 5.65. The third-order valence-corrected chi connectivity index (χ3v) is 4.77. The summed E-state index contributed by atoms with van der Waals surface area (Å²) in [6.45, 7) is 9.59. The maximum Gasteiger partial charge on any atom is 0.223 e. The summed E-state index contributed by atoms with van der Waals surface area (Å²) in [6.07, 6.45) is 1.15. The minimum Gasteiger partial charge on any atom is -0.383 e. The lowest BCUT2D eigenvalue weighted by atomic mass is 10.1. The molecule has 6 nitrogen and oxygen atoms in total. The topological polar surface area (TPSA) is 57.7 Å². The van der Waals surface area contributed by atoms with Crippen LogP contribution in [-0.4, -0.2) is 66.6 Å². The summed E-state index contributed by atoms with van der Waals surface area (Å²) in [5.41, 5.74) is 1.04. The van der Waals surface area contributed by atoms with Crippen LogP contribution >= 0.6 is 11.3 Å². The number of amides is 1. The van der Waals surface area contributed by atoms with E-state index in [0.717, 1.165) is 51.4 Å². The summed E-state index contributed by atoms with van der Waals surface area (Å²) in [6, 6.07) is 0.581. The summed E-state index contributed by atoms with van der Waals surface area (Å²) in [5.74, 6) is -0.0706. The van der Waals surface area contributed by atoms with Crippen LogP contribution in [0.4, 0.5) is 5.13 Å². The lowest BCUT2D eigenvalue weighted by molar-refractivity contribution is -0.114. The number of hydrogen-bond donors (Lipinski definition) is 1. The number of aromatic nitrogens is 1. The number of ether oxygens (including phenoxy) is 1. The molecule has 0 aliphatic carbocycles. The Morgan fingerprint density at radius 3 is 3.05 bits per heavy atom. The Morgan fingerprint density at radius 2 is 2.36 bits per heavy atom. The number of rotatable bonds is 7. The Labute approximate surface area is 136 Å². The highest BCUT2D eigenvalue weighted by Gasteiger charge is 2.25. The van der Waals surface area contributed by atoms with Crippen LogP contribution in [0.15, 0.2) is 5.38 Å². The lowest BCUT2D eigenvalue weighted by Crippen LogP contribution is -2.53. The van der Waals surface area contributed by atoms with E-state index in [9.17, 15) is 4.79 Å². The Morgan fingerprint density at radius 1 is 1.55 bits per heavy atom. The highest BCUT2D eigenvalue weighted by molar-refractivity contribution is 7.13. The molecule has 1 atom stereocenters. The quantitative estimate of drug-likeness (QED) is 0.825. The van der Waals surface area contributed by atoms with Crippen molar-refractivity contribution >= 4 is 22.4 Å². The minimum absolute atomic E-state index is 0.0706. The van der Waals surface area contributed by atoms with Gasteiger partial charge in [-0.05, 0) is 6.42 Å². The molecule has 1 aromatic heterocycles. The van der Waals surface area contributed by atoms with Gasteiger partial charge >= 0.3 is 0 Å². The van der Waals surface area contributed by atoms with E-state index < -0.39 is 0 Å². The van der Waals surface area contributed by atoms with Crippen LogP contribution in [0.25, 0.3) is 0 Å².